The van der Waals surface area contributed by atoms with E-state index in [1.165, 1.54) is 69.3 Å². The van der Waals surface area contributed by atoms with E-state index < -0.39 is 52.1 Å². The molecule has 310 valence electrons. The zero-order chi connectivity index (χ0) is 42.2. The number of amides is 4. The Morgan fingerprint density at radius 1 is 0.607 bits per heavy atom. The van der Waals surface area contributed by atoms with Crippen molar-refractivity contribution in [3.63, 3.8) is 0 Å². The number of urea groups is 2. The topological polar surface area (TPSA) is 175 Å². The number of hydrogen-bond acceptors (Lipinski definition) is 8. The number of hydrogen-bond donors (Lipinski definition) is 4. The van der Waals surface area contributed by atoms with Crippen molar-refractivity contribution in [2.45, 2.75) is 57.5 Å². The number of para-hydroxylation sites is 2. The van der Waals surface area contributed by atoms with Gasteiger partial charge in [-0.05, 0) is 48.5 Å². The maximum absolute atomic E-state index is 13.2. The summed E-state index contributed by atoms with van der Waals surface area (Å²) in [4.78, 5) is 26.1. The van der Waals surface area contributed by atoms with Gasteiger partial charge < -0.3 is 20.1 Å². The fourth-order valence-electron chi connectivity index (χ4n) is 4.76. The Kier molecular flexibility index (Phi) is 17.5. The molecule has 0 aromatic heterocycles. The quantitative estimate of drug-likeness (QED) is 0.0814. The van der Waals surface area contributed by atoms with Gasteiger partial charge in [-0.15, -0.1) is 0 Å². The fourth-order valence-corrected chi connectivity index (χ4v) is 8.65. The van der Waals surface area contributed by atoms with Crippen molar-refractivity contribution < 1.29 is 35.9 Å². The summed E-state index contributed by atoms with van der Waals surface area (Å²) < 4.78 is 61.7. The molecular formula is C32H36Cl8N6O8S2. The molecule has 0 aliphatic heterocycles. The molecule has 0 saturated heterocycles. The predicted octanol–water partition coefficient (Wildman–Crippen LogP) is 8.85. The van der Waals surface area contributed by atoms with Crippen LogP contribution in [0.1, 0.15) is 27.7 Å². The number of rotatable bonds is 16. The van der Waals surface area contributed by atoms with E-state index in [1.54, 1.807) is 27.7 Å². The standard InChI is InChI=1S/C32H36Cl8N6O8S2/c1-5-45(6-2)55(49,50)19-13-15-21(33)23(17-19)41-29(47)43-27(31(35,36)37)53-25-11-9-10-12-26(25)54-28(32(38,39)40)44-30(48)42-24-18-20(14-16-22(24)34)56(51,52)46(7-3)8-4/h9-18,27-28H,5-8H2,1-4H3,(H2,41,43,47)(H2,42,44,48)/t27-,28-/m0/s1. The molecule has 3 aromatic rings. The second-order valence-electron chi connectivity index (χ2n) is 11.2. The third-order valence-electron chi connectivity index (χ3n) is 7.52. The summed E-state index contributed by atoms with van der Waals surface area (Å²) >= 11 is 49.6. The third kappa shape index (κ3) is 12.7. The van der Waals surface area contributed by atoms with Gasteiger partial charge in [-0.25, -0.2) is 26.4 Å². The molecular weight excluding hydrogens is 944 g/mol. The van der Waals surface area contributed by atoms with Crippen LogP contribution in [-0.4, -0.2) is 83.7 Å². The largest absolute Gasteiger partial charge is 0.462 e. The first kappa shape index (κ1) is 48.3. The molecule has 0 radical (unpaired) electrons. The van der Waals surface area contributed by atoms with E-state index in [2.05, 4.69) is 21.3 Å². The number of benzene rings is 3. The minimum atomic E-state index is -3.91. The molecule has 56 heavy (non-hydrogen) atoms. The third-order valence-corrected chi connectivity index (χ3v) is 13.5. The lowest BCUT2D eigenvalue weighted by atomic mass is 10.3. The van der Waals surface area contributed by atoms with Crippen molar-refractivity contribution in [1.29, 1.82) is 0 Å². The maximum atomic E-state index is 13.2. The highest BCUT2D eigenvalue weighted by molar-refractivity contribution is 7.89. The number of alkyl halides is 6. The van der Waals surface area contributed by atoms with Crippen molar-refractivity contribution in [2.24, 2.45) is 0 Å². The Labute approximate surface area is 365 Å². The van der Waals surface area contributed by atoms with Crippen molar-refractivity contribution in [3.8, 4) is 11.5 Å². The first-order valence-corrected chi connectivity index (χ1v) is 22.2. The lowest BCUT2D eigenvalue weighted by Gasteiger charge is -2.30. The molecule has 3 rings (SSSR count). The lowest BCUT2D eigenvalue weighted by Crippen LogP contribution is -2.50. The number of anilines is 2. The normalized spacial score (nSPS) is 13.5. The Balaban J connectivity index is 1.84. The van der Waals surface area contributed by atoms with Crippen LogP contribution in [0.3, 0.4) is 0 Å². The predicted molar refractivity (Wildman–Crippen MR) is 223 cm³/mol. The van der Waals surface area contributed by atoms with Gasteiger partial charge in [0.1, 0.15) is 0 Å². The van der Waals surface area contributed by atoms with E-state index in [0.29, 0.717) is 0 Å². The van der Waals surface area contributed by atoms with Crippen molar-refractivity contribution in [1.82, 2.24) is 19.2 Å². The molecule has 4 N–H and O–H groups in total. The van der Waals surface area contributed by atoms with Gasteiger partial charge in [-0.2, -0.15) is 8.61 Å². The first-order chi connectivity index (χ1) is 26.0. The summed E-state index contributed by atoms with van der Waals surface area (Å²) in [5, 5.41) is 9.49. The summed E-state index contributed by atoms with van der Waals surface area (Å²) in [6, 6.07) is 11.1. The molecule has 0 aliphatic rings. The summed E-state index contributed by atoms with van der Waals surface area (Å²) in [7, 11) is -7.83. The average molecular weight is 980 g/mol. The van der Waals surface area contributed by atoms with E-state index in [-0.39, 0.29) is 68.9 Å². The Bertz CT molecular complexity index is 1940. The molecule has 3 aromatic carbocycles. The number of halogens is 8. The fraction of sp³-hybridized carbons (Fsp3) is 0.375. The van der Waals surface area contributed by atoms with Crippen LogP contribution in [-0.2, 0) is 20.0 Å². The highest BCUT2D eigenvalue weighted by Gasteiger charge is 2.39. The van der Waals surface area contributed by atoms with E-state index in [0.717, 1.165) is 0 Å². The molecule has 4 amide bonds. The second kappa shape index (κ2) is 20.3. The number of sulfonamides is 2. The van der Waals surface area contributed by atoms with E-state index in [4.69, 9.17) is 102 Å². The van der Waals surface area contributed by atoms with Gasteiger partial charge in [-0.3, -0.25) is 10.6 Å². The van der Waals surface area contributed by atoms with Crippen molar-refractivity contribution in [2.75, 3.05) is 36.8 Å². The number of carbonyl (C=O) groups is 2. The highest BCUT2D eigenvalue weighted by atomic mass is 35.6. The molecule has 0 aliphatic carbocycles. The zero-order valence-electron chi connectivity index (χ0n) is 29.8. The average Bonchev–Trinajstić information content (AvgIpc) is 3.10. The van der Waals surface area contributed by atoms with Gasteiger partial charge in [0.15, 0.2) is 11.5 Å². The smallest absolute Gasteiger partial charge is 0.322 e. The van der Waals surface area contributed by atoms with E-state index >= 15 is 0 Å². The van der Waals surface area contributed by atoms with Crippen LogP contribution in [0.25, 0.3) is 0 Å². The zero-order valence-corrected chi connectivity index (χ0v) is 37.4. The monoisotopic (exact) mass is 976 g/mol. The molecule has 0 spiro atoms. The summed E-state index contributed by atoms with van der Waals surface area (Å²) in [5.74, 6) is -0.374. The van der Waals surface area contributed by atoms with Crippen LogP contribution in [0.15, 0.2) is 70.5 Å². The summed E-state index contributed by atoms with van der Waals surface area (Å²) in [5.41, 5.74) is -0.171. The number of ether oxygens (including phenoxy) is 2. The molecule has 0 bridgehead atoms. The van der Waals surface area contributed by atoms with Gasteiger partial charge in [0.2, 0.25) is 40.1 Å². The molecule has 2 atom stereocenters. The molecule has 0 unspecified atom stereocenters. The number of nitrogens with zero attached hydrogens (tertiary/aromatic N) is 2. The van der Waals surface area contributed by atoms with Crippen LogP contribution < -0.4 is 30.7 Å². The highest BCUT2D eigenvalue weighted by Crippen LogP contribution is 2.38. The van der Waals surface area contributed by atoms with Gasteiger partial charge in [-0.1, -0.05) is 133 Å². The van der Waals surface area contributed by atoms with Crippen molar-refractivity contribution >= 4 is 136 Å². The first-order valence-electron chi connectivity index (χ1n) is 16.3. The minimum Gasteiger partial charge on any atom is -0.462 e. The van der Waals surface area contributed by atoms with Gasteiger partial charge >= 0.3 is 12.1 Å². The Morgan fingerprint density at radius 2 is 0.929 bits per heavy atom. The molecule has 0 saturated carbocycles. The maximum Gasteiger partial charge on any atom is 0.322 e. The van der Waals surface area contributed by atoms with Crippen LogP contribution in [0.5, 0.6) is 11.5 Å². The number of carbonyl (C=O) groups excluding carboxylic acids is 2. The second-order valence-corrected chi connectivity index (χ2v) is 20.6. The Morgan fingerprint density at radius 3 is 1.21 bits per heavy atom. The van der Waals surface area contributed by atoms with E-state index in [1.807, 2.05) is 0 Å². The van der Waals surface area contributed by atoms with Gasteiger partial charge in [0, 0.05) is 26.2 Å². The molecule has 24 heteroatoms. The van der Waals surface area contributed by atoms with Crippen molar-refractivity contribution in [3.05, 3.63) is 70.7 Å². The lowest BCUT2D eigenvalue weighted by molar-refractivity contribution is 0.140. The van der Waals surface area contributed by atoms with Gasteiger partial charge in [0.05, 0.1) is 31.2 Å². The van der Waals surface area contributed by atoms with Crippen LogP contribution in [0.2, 0.25) is 10.0 Å². The van der Waals surface area contributed by atoms with Crippen LogP contribution >= 0.6 is 92.8 Å². The SMILES string of the molecule is CCN(CC)S(=O)(=O)c1ccc(Cl)c(NC(=O)N[C@@H](Oc2ccccc2O[C@H](NC(=O)Nc2cc(S(=O)(=O)N(CC)CC)ccc2Cl)C(Cl)(Cl)Cl)C(Cl)(Cl)Cl)c1. The summed E-state index contributed by atoms with van der Waals surface area (Å²) in [6.45, 7) is 7.54. The molecule has 14 nitrogen and oxygen atoms in total. The summed E-state index contributed by atoms with van der Waals surface area (Å²) in [6.07, 6.45) is -3.52. The van der Waals surface area contributed by atoms with Gasteiger partial charge in [0.25, 0.3) is 0 Å². The number of nitrogens with one attached hydrogen (secondary N) is 4. The molecule has 0 fully saturated rings. The Hall–Kier alpha value is -2.06. The minimum absolute atomic E-state index is 0.00216. The molecule has 0 heterocycles. The van der Waals surface area contributed by atoms with E-state index in [9.17, 15) is 26.4 Å². The van der Waals surface area contributed by atoms with Crippen LogP contribution in [0.4, 0.5) is 21.0 Å². The van der Waals surface area contributed by atoms with Crippen LogP contribution in [0, 0.1) is 0 Å².